The maximum atomic E-state index is 13.1. The van der Waals surface area contributed by atoms with Crippen LogP contribution in [-0.2, 0) is 38.1 Å². The van der Waals surface area contributed by atoms with Gasteiger partial charge in [-0.1, -0.05) is 13.3 Å². The topological polar surface area (TPSA) is 108 Å². The molecule has 9 nitrogen and oxygen atoms in total. The lowest BCUT2D eigenvalue weighted by Crippen LogP contribution is -2.64. The predicted molar refractivity (Wildman–Crippen MR) is 137 cm³/mol. The summed E-state index contributed by atoms with van der Waals surface area (Å²) in [5.41, 5.74) is -2.52. The van der Waals surface area contributed by atoms with Crippen molar-refractivity contribution in [1.82, 2.24) is 4.90 Å². The van der Waals surface area contributed by atoms with Gasteiger partial charge in [0.2, 0.25) is 0 Å². The number of carbonyl (C=O) groups excluding carboxylic acids is 4. The molecule has 0 aliphatic carbocycles. The number of hydrogen-bond donors (Lipinski definition) is 0. The number of rotatable bonds is 6. The molecule has 0 aromatic heterocycles. The number of hydrogen-bond acceptors (Lipinski definition) is 9. The Morgan fingerprint density at radius 3 is 1.84 bits per heavy atom. The number of ether oxygens (including phenoxy) is 4. The van der Waals surface area contributed by atoms with Gasteiger partial charge < -0.3 is 23.8 Å². The van der Waals surface area contributed by atoms with Gasteiger partial charge in [-0.25, -0.2) is 0 Å². The van der Waals surface area contributed by atoms with Gasteiger partial charge in [-0.05, 0) is 74.8 Å². The van der Waals surface area contributed by atoms with Crippen LogP contribution in [0.1, 0.15) is 88.5 Å². The third-order valence-electron chi connectivity index (χ3n) is 6.19. The monoisotopic (exact) mass is 523 g/mol. The molecule has 9 heteroatoms. The van der Waals surface area contributed by atoms with E-state index in [0.29, 0.717) is 12.8 Å². The molecular weight excluding hydrogens is 478 g/mol. The summed E-state index contributed by atoms with van der Waals surface area (Å²) in [4.78, 5) is 53.1. The number of esters is 3. The van der Waals surface area contributed by atoms with E-state index in [-0.39, 0.29) is 18.4 Å². The first-order chi connectivity index (χ1) is 16.9. The Bertz CT molecular complexity index is 889. The maximum absolute atomic E-state index is 13.1. The minimum atomic E-state index is -1.11. The van der Waals surface area contributed by atoms with E-state index in [4.69, 9.17) is 18.9 Å². The van der Waals surface area contributed by atoms with Gasteiger partial charge in [0.05, 0.1) is 22.9 Å². The Morgan fingerprint density at radius 1 is 0.865 bits per heavy atom. The molecule has 0 spiro atoms. The second-order valence-corrected chi connectivity index (χ2v) is 13.0. The molecule has 37 heavy (non-hydrogen) atoms. The molecule has 1 saturated heterocycles. The molecule has 2 rings (SSSR count). The van der Waals surface area contributed by atoms with E-state index >= 15 is 0 Å². The Morgan fingerprint density at radius 2 is 1.35 bits per heavy atom. The summed E-state index contributed by atoms with van der Waals surface area (Å²) in [5, 5.41) is 0. The summed E-state index contributed by atoms with van der Waals surface area (Å²) in [6.45, 7) is 17.4. The van der Waals surface area contributed by atoms with Crippen LogP contribution in [0, 0.1) is 16.2 Å². The molecule has 0 N–H and O–H groups in total. The van der Waals surface area contributed by atoms with Gasteiger partial charge in [-0.3, -0.25) is 19.2 Å². The molecule has 210 valence electrons. The molecule has 2 aliphatic rings. The highest BCUT2D eigenvalue weighted by Crippen LogP contribution is 2.34. The number of carbonyl (C=O) groups is 4. The van der Waals surface area contributed by atoms with Crippen molar-refractivity contribution in [3.8, 4) is 0 Å². The van der Waals surface area contributed by atoms with E-state index in [1.807, 2.05) is 11.8 Å². The fourth-order valence-corrected chi connectivity index (χ4v) is 3.87. The van der Waals surface area contributed by atoms with E-state index in [0.717, 1.165) is 6.42 Å². The van der Waals surface area contributed by atoms with Crippen LogP contribution in [0.25, 0.3) is 0 Å². The van der Waals surface area contributed by atoms with Crippen LogP contribution < -0.4 is 0 Å². The van der Waals surface area contributed by atoms with E-state index in [1.165, 1.54) is 6.08 Å². The standard InChI is InChI=1S/C28H45NO8/c1-11-12-17-15-18(30)13-14-29(17)22-21(37-25(33)28(8,9)10)20(36-24(32)27(5,6)7)19(16-34-22)35-23(31)26(2,3)4/h13-14,17,19-22H,11-12,15-16H2,1-10H3/t17-,19-,20-,21+,22+/m0/s1. The summed E-state index contributed by atoms with van der Waals surface area (Å²) in [6, 6.07) is -0.184. The Kier molecular flexibility index (Phi) is 9.61. The lowest BCUT2D eigenvalue weighted by atomic mass is 9.93. The van der Waals surface area contributed by atoms with Crippen LogP contribution in [0.2, 0.25) is 0 Å². The maximum Gasteiger partial charge on any atom is 0.311 e. The van der Waals surface area contributed by atoms with Crippen LogP contribution in [0.3, 0.4) is 0 Å². The zero-order valence-corrected chi connectivity index (χ0v) is 24.1. The Hall–Kier alpha value is -2.42. The third kappa shape index (κ3) is 8.03. The molecule has 0 saturated carbocycles. The van der Waals surface area contributed by atoms with Gasteiger partial charge >= 0.3 is 17.9 Å². The molecule has 0 aromatic carbocycles. The first kappa shape index (κ1) is 30.8. The van der Waals surface area contributed by atoms with Crippen molar-refractivity contribution in [1.29, 1.82) is 0 Å². The average molecular weight is 524 g/mol. The number of allylic oxidation sites excluding steroid dienone is 1. The van der Waals surface area contributed by atoms with Gasteiger partial charge in [0.1, 0.15) is 0 Å². The van der Waals surface area contributed by atoms with E-state index in [2.05, 4.69) is 0 Å². The summed E-state index contributed by atoms with van der Waals surface area (Å²) >= 11 is 0. The summed E-state index contributed by atoms with van der Waals surface area (Å²) in [5.74, 6) is -1.54. The molecule has 0 aromatic rings. The Labute approximate surface area is 221 Å². The van der Waals surface area contributed by atoms with Crippen molar-refractivity contribution in [3.05, 3.63) is 12.3 Å². The lowest BCUT2D eigenvalue weighted by molar-refractivity contribution is -0.256. The van der Waals surface area contributed by atoms with Crippen molar-refractivity contribution < 1.29 is 38.1 Å². The van der Waals surface area contributed by atoms with Crippen LogP contribution in [0.15, 0.2) is 12.3 Å². The molecule has 0 bridgehead atoms. The van der Waals surface area contributed by atoms with Crippen LogP contribution in [0.4, 0.5) is 0 Å². The second-order valence-electron chi connectivity index (χ2n) is 13.0. The zero-order chi connectivity index (χ0) is 28.3. The minimum Gasteiger partial charge on any atom is -0.455 e. The van der Waals surface area contributed by atoms with Gasteiger partial charge in [-0.2, -0.15) is 0 Å². The number of nitrogens with zero attached hydrogens (tertiary/aromatic N) is 1. The van der Waals surface area contributed by atoms with Crippen molar-refractivity contribution in [2.24, 2.45) is 16.2 Å². The molecule has 2 heterocycles. The van der Waals surface area contributed by atoms with Crippen molar-refractivity contribution in [3.63, 3.8) is 0 Å². The molecule has 2 aliphatic heterocycles. The van der Waals surface area contributed by atoms with Crippen LogP contribution in [-0.4, -0.2) is 65.8 Å². The molecule has 0 unspecified atom stereocenters. The minimum absolute atomic E-state index is 0.00133. The highest BCUT2D eigenvalue weighted by Gasteiger charge is 2.52. The lowest BCUT2D eigenvalue weighted by Gasteiger charge is -2.48. The normalized spacial score (nSPS) is 27.0. The first-order valence-corrected chi connectivity index (χ1v) is 13.1. The van der Waals surface area contributed by atoms with Gasteiger partial charge in [0, 0.05) is 18.7 Å². The average Bonchev–Trinajstić information content (AvgIpc) is 2.74. The summed E-state index contributed by atoms with van der Waals surface area (Å²) in [7, 11) is 0. The molecule has 1 fully saturated rings. The smallest absolute Gasteiger partial charge is 0.311 e. The SMILES string of the molecule is CCC[C@H]1CC(=O)C=CN1[C@@H]1OC[C@H](OC(=O)C(C)(C)C)[C@H](OC(=O)C(C)(C)C)[C@H]1OC(=O)C(C)(C)C. The molecular formula is C28H45NO8. The summed E-state index contributed by atoms with van der Waals surface area (Å²) < 4.78 is 23.9. The quantitative estimate of drug-likeness (QED) is 0.374. The van der Waals surface area contributed by atoms with E-state index in [1.54, 1.807) is 68.5 Å². The van der Waals surface area contributed by atoms with Crippen LogP contribution in [0.5, 0.6) is 0 Å². The number of ketones is 1. The Balaban J connectivity index is 2.56. The fraction of sp³-hybridized carbons (Fsp3) is 0.786. The molecule has 0 amide bonds. The molecule has 0 radical (unpaired) electrons. The highest BCUT2D eigenvalue weighted by atomic mass is 16.6. The van der Waals surface area contributed by atoms with Gasteiger partial charge in [0.25, 0.3) is 0 Å². The van der Waals surface area contributed by atoms with E-state index < -0.39 is 58.7 Å². The van der Waals surface area contributed by atoms with Crippen molar-refractivity contribution in [2.75, 3.05) is 6.61 Å². The highest BCUT2D eigenvalue weighted by molar-refractivity contribution is 5.90. The largest absolute Gasteiger partial charge is 0.455 e. The second kappa shape index (κ2) is 11.5. The fourth-order valence-electron chi connectivity index (χ4n) is 3.87. The van der Waals surface area contributed by atoms with Gasteiger partial charge in [0.15, 0.2) is 30.3 Å². The summed E-state index contributed by atoms with van der Waals surface area (Å²) in [6.07, 6.45) is 0.887. The first-order valence-electron chi connectivity index (χ1n) is 13.1. The van der Waals surface area contributed by atoms with Crippen molar-refractivity contribution in [2.45, 2.75) is 119 Å². The van der Waals surface area contributed by atoms with Crippen molar-refractivity contribution >= 4 is 23.7 Å². The zero-order valence-electron chi connectivity index (χ0n) is 24.1. The third-order valence-corrected chi connectivity index (χ3v) is 6.19. The van der Waals surface area contributed by atoms with Crippen LogP contribution >= 0.6 is 0 Å². The molecule has 5 atom stereocenters. The van der Waals surface area contributed by atoms with E-state index in [9.17, 15) is 19.2 Å². The van der Waals surface area contributed by atoms with Gasteiger partial charge in [-0.15, -0.1) is 0 Å². The predicted octanol–water partition coefficient (Wildman–Crippen LogP) is 4.17.